The monoisotopic (exact) mass is 225 g/mol. The SMILES string of the molecule is C=C(CNCC)CN(CCC#N)CCOC. The molecule has 16 heavy (non-hydrogen) atoms. The Labute approximate surface area is 98.9 Å². The molecule has 0 aliphatic rings. The third-order valence-electron chi connectivity index (χ3n) is 2.22. The summed E-state index contributed by atoms with van der Waals surface area (Å²) in [7, 11) is 1.69. The molecule has 0 aliphatic carbocycles. The maximum absolute atomic E-state index is 8.57. The van der Waals surface area contributed by atoms with Crippen LogP contribution in [-0.2, 0) is 4.74 Å². The van der Waals surface area contributed by atoms with E-state index in [2.05, 4.69) is 29.8 Å². The summed E-state index contributed by atoms with van der Waals surface area (Å²) in [4.78, 5) is 2.20. The predicted molar refractivity (Wildman–Crippen MR) is 66.2 cm³/mol. The molecule has 0 aromatic rings. The summed E-state index contributed by atoms with van der Waals surface area (Å²) < 4.78 is 5.05. The average Bonchev–Trinajstić information content (AvgIpc) is 2.30. The number of rotatable bonds is 10. The minimum Gasteiger partial charge on any atom is -0.383 e. The van der Waals surface area contributed by atoms with Crippen LogP contribution in [-0.4, -0.2) is 51.3 Å². The van der Waals surface area contributed by atoms with E-state index >= 15 is 0 Å². The van der Waals surface area contributed by atoms with Crippen LogP contribution in [0.15, 0.2) is 12.2 Å². The predicted octanol–water partition coefficient (Wildman–Crippen LogP) is 1.01. The first-order chi connectivity index (χ1) is 7.74. The quantitative estimate of drug-likeness (QED) is 0.564. The Bertz CT molecular complexity index is 223. The van der Waals surface area contributed by atoms with E-state index in [1.807, 2.05) is 0 Å². The molecule has 0 atom stereocenters. The second-order valence-corrected chi connectivity index (χ2v) is 3.71. The number of methoxy groups -OCH3 is 1. The number of nitrogens with one attached hydrogen (secondary N) is 1. The van der Waals surface area contributed by atoms with Crippen molar-refractivity contribution < 1.29 is 4.74 Å². The molecule has 0 saturated heterocycles. The van der Waals surface area contributed by atoms with Gasteiger partial charge in [0.1, 0.15) is 0 Å². The first-order valence-corrected chi connectivity index (χ1v) is 5.70. The summed E-state index contributed by atoms with van der Waals surface area (Å²) in [5, 5.41) is 11.8. The molecule has 0 unspecified atom stereocenters. The van der Waals surface area contributed by atoms with E-state index in [0.29, 0.717) is 13.0 Å². The summed E-state index contributed by atoms with van der Waals surface area (Å²) >= 11 is 0. The summed E-state index contributed by atoms with van der Waals surface area (Å²) in [5.41, 5.74) is 1.15. The average molecular weight is 225 g/mol. The molecule has 4 heteroatoms. The highest BCUT2D eigenvalue weighted by Gasteiger charge is 2.05. The van der Waals surface area contributed by atoms with E-state index in [4.69, 9.17) is 10.00 Å². The first-order valence-electron chi connectivity index (χ1n) is 5.70. The molecule has 4 nitrogen and oxygen atoms in total. The van der Waals surface area contributed by atoms with E-state index in [0.717, 1.165) is 38.3 Å². The molecule has 0 radical (unpaired) electrons. The van der Waals surface area contributed by atoms with Gasteiger partial charge in [0.25, 0.3) is 0 Å². The lowest BCUT2D eigenvalue weighted by atomic mass is 10.2. The largest absolute Gasteiger partial charge is 0.383 e. The van der Waals surface area contributed by atoms with Crippen LogP contribution in [0.25, 0.3) is 0 Å². The number of hydrogen-bond donors (Lipinski definition) is 1. The molecular formula is C12H23N3O. The van der Waals surface area contributed by atoms with Crippen LogP contribution in [0, 0.1) is 11.3 Å². The van der Waals surface area contributed by atoms with Crippen molar-refractivity contribution in [1.29, 1.82) is 5.26 Å². The topological polar surface area (TPSA) is 48.3 Å². The second-order valence-electron chi connectivity index (χ2n) is 3.71. The van der Waals surface area contributed by atoms with Gasteiger partial charge in [-0.05, 0) is 12.1 Å². The van der Waals surface area contributed by atoms with E-state index in [1.54, 1.807) is 7.11 Å². The van der Waals surface area contributed by atoms with Gasteiger partial charge in [-0.15, -0.1) is 0 Å². The summed E-state index contributed by atoms with van der Waals surface area (Å²) in [6.45, 7) is 11.0. The van der Waals surface area contributed by atoms with Crippen molar-refractivity contribution in [3.8, 4) is 6.07 Å². The van der Waals surface area contributed by atoms with Crippen molar-refractivity contribution in [3.05, 3.63) is 12.2 Å². The Morgan fingerprint density at radius 3 is 2.81 bits per heavy atom. The zero-order chi connectivity index (χ0) is 12.2. The second kappa shape index (κ2) is 10.6. The molecule has 0 bridgehead atoms. The van der Waals surface area contributed by atoms with Crippen molar-refractivity contribution in [1.82, 2.24) is 10.2 Å². The molecular weight excluding hydrogens is 202 g/mol. The minimum atomic E-state index is 0.554. The lowest BCUT2D eigenvalue weighted by molar-refractivity contribution is 0.154. The van der Waals surface area contributed by atoms with Crippen LogP contribution in [0.3, 0.4) is 0 Å². The number of nitriles is 1. The molecule has 0 aromatic carbocycles. The molecule has 0 fully saturated rings. The van der Waals surface area contributed by atoms with Crippen LogP contribution in [0.5, 0.6) is 0 Å². The number of nitrogens with zero attached hydrogens (tertiary/aromatic N) is 2. The molecule has 0 rings (SSSR count). The van der Waals surface area contributed by atoms with E-state index in [1.165, 1.54) is 0 Å². The van der Waals surface area contributed by atoms with Gasteiger partial charge >= 0.3 is 0 Å². The highest BCUT2D eigenvalue weighted by atomic mass is 16.5. The third-order valence-corrected chi connectivity index (χ3v) is 2.22. The van der Waals surface area contributed by atoms with Crippen molar-refractivity contribution in [2.45, 2.75) is 13.3 Å². The van der Waals surface area contributed by atoms with Crippen molar-refractivity contribution in [3.63, 3.8) is 0 Å². The van der Waals surface area contributed by atoms with Gasteiger partial charge in [-0.1, -0.05) is 13.5 Å². The Kier molecular flexibility index (Phi) is 10.0. The Balaban J connectivity index is 3.88. The molecule has 0 saturated carbocycles. The van der Waals surface area contributed by atoms with Gasteiger partial charge in [0.15, 0.2) is 0 Å². The van der Waals surface area contributed by atoms with Gasteiger partial charge in [0, 0.05) is 39.7 Å². The fourth-order valence-corrected chi connectivity index (χ4v) is 1.37. The van der Waals surface area contributed by atoms with Crippen LogP contribution in [0.2, 0.25) is 0 Å². The molecule has 92 valence electrons. The summed E-state index contributed by atoms with van der Waals surface area (Å²) in [5.74, 6) is 0. The number of likely N-dealkylation sites (N-methyl/N-ethyl adjacent to an activating group) is 1. The lowest BCUT2D eigenvalue weighted by Gasteiger charge is -2.22. The fourth-order valence-electron chi connectivity index (χ4n) is 1.37. The van der Waals surface area contributed by atoms with Gasteiger partial charge < -0.3 is 10.1 Å². The van der Waals surface area contributed by atoms with Crippen molar-refractivity contribution in [2.24, 2.45) is 0 Å². The Hall–Kier alpha value is -0.890. The fraction of sp³-hybridized carbons (Fsp3) is 0.750. The highest BCUT2D eigenvalue weighted by Crippen LogP contribution is 1.97. The van der Waals surface area contributed by atoms with Crippen LogP contribution >= 0.6 is 0 Å². The van der Waals surface area contributed by atoms with Crippen LogP contribution < -0.4 is 5.32 Å². The molecule has 0 aliphatic heterocycles. The van der Waals surface area contributed by atoms with Gasteiger partial charge in [0.2, 0.25) is 0 Å². The maximum Gasteiger partial charge on any atom is 0.0635 e. The smallest absolute Gasteiger partial charge is 0.0635 e. The van der Waals surface area contributed by atoms with Crippen LogP contribution in [0.1, 0.15) is 13.3 Å². The zero-order valence-electron chi connectivity index (χ0n) is 10.5. The Morgan fingerprint density at radius 1 is 1.50 bits per heavy atom. The van der Waals surface area contributed by atoms with Gasteiger partial charge in [-0.2, -0.15) is 5.26 Å². The normalized spacial score (nSPS) is 10.4. The highest BCUT2D eigenvalue weighted by molar-refractivity contribution is 4.99. The van der Waals surface area contributed by atoms with Crippen LogP contribution in [0.4, 0.5) is 0 Å². The van der Waals surface area contributed by atoms with Gasteiger partial charge in [0.05, 0.1) is 12.7 Å². The lowest BCUT2D eigenvalue weighted by Crippen LogP contribution is -2.32. The Morgan fingerprint density at radius 2 is 2.25 bits per heavy atom. The van der Waals surface area contributed by atoms with Gasteiger partial charge in [-0.25, -0.2) is 0 Å². The molecule has 0 spiro atoms. The van der Waals surface area contributed by atoms with Gasteiger partial charge in [-0.3, -0.25) is 4.90 Å². The van der Waals surface area contributed by atoms with E-state index in [9.17, 15) is 0 Å². The third kappa shape index (κ3) is 8.42. The molecule has 0 amide bonds. The zero-order valence-corrected chi connectivity index (χ0v) is 10.5. The van der Waals surface area contributed by atoms with Crippen molar-refractivity contribution in [2.75, 3.05) is 46.4 Å². The maximum atomic E-state index is 8.57. The van der Waals surface area contributed by atoms with E-state index in [-0.39, 0.29) is 0 Å². The molecule has 0 heterocycles. The summed E-state index contributed by atoms with van der Waals surface area (Å²) in [6.07, 6.45) is 0.554. The molecule has 1 N–H and O–H groups in total. The standard InChI is InChI=1S/C12H23N3O/c1-4-14-10-12(2)11-15(7-5-6-13)8-9-16-3/h14H,2,4-5,7-11H2,1,3H3. The van der Waals surface area contributed by atoms with E-state index < -0.39 is 0 Å². The number of hydrogen-bond acceptors (Lipinski definition) is 4. The summed E-state index contributed by atoms with van der Waals surface area (Å²) in [6, 6.07) is 2.16. The minimum absolute atomic E-state index is 0.554. The first kappa shape index (κ1) is 15.1. The van der Waals surface area contributed by atoms with Crippen molar-refractivity contribution >= 4 is 0 Å². The number of ether oxygens (including phenoxy) is 1. The molecule has 0 aromatic heterocycles.